The van der Waals surface area contributed by atoms with Crippen molar-refractivity contribution in [3.63, 3.8) is 0 Å². The van der Waals surface area contributed by atoms with Gasteiger partial charge in [0, 0.05) is 6.26 Å². The molecule has 1 fully saturated rings. The van der Waals surface area contributed by atoms with Gasteiger partial charge in [0.15, 0.2) is 21.4 Å². The highest BCUT2D eigenvalue weighted by Gasteiger charge is 2.46. The van der Waals surface area contributed by atoms with E-state index in [9.17, 15) is 13.2 Å². The zero-order chi connectivity index (χ0) is 12.6. The molecular formula is C10H11NO5S. The van der Waals surface area contributed by atoms with Gasteiger partial charge in [-0.1, -0.05) is 0 Å². The second-order valence-corrected chi connectivity index (χ2v) is 5.95. The van der Waals surface area contributed by atoms with E-state index in [0.717, 1.165) is 6.26 Å². The Morgan fingerprint density at radius 2 is 1.94 bits per heavy atom. The Hall–Kier alpha value is -1.60. The molecule has 17 heavy (non-hydrogen) atoms. The van der Waals surface area contributed by atoms with E-state index in [0.29, 0.717) is 5.75 Å². The van der Waals surface area contributed by atoms with E-state index >= 15 is 0 Å². The summed E-state index contributed by atoms with van der Waals surface area (Å²) in [6.45, 7) is 0. The largest absolute Gasteiger partial charge is 0.478 e. The Balaban J connectivity index is 2.00. The van der Waals surface area contributed by atoms with Gasteiger partial charge in [-0.15, -0.1) is 0 Å². The lowest BCUT2D eigenvalue weighted by atomic mass is 10.2. The molecule has 1 aromatic rings. The highest BCUT2D eigenvalue weighted by molar-refractivity contribution is 7.91. The number of carboxylic acid groups (broad SMARTS) is 1. The van der Waals surface area contributed by atoms with Gasteiger partial charge in [-0.2, -0.15) is 0 Å². The fourth-order valence-electron chi connectivity index (χ4n) is 1.37. The summed E-state index contributed by atoms with van der Waals surface area (Å²) in [4.78, 5) is 10.6. The van der Waals surface area contributed by atoms with Crippen molar-refractivity contribution in [3.8, 4) is 5.75 Å². The fraction of sp³-hybridized carbons (Fsp3) is 0.300. The van der Waals surface area contributed by atoms with Crippen LogP contribution in [0.25, 0.3) is 0 Å². The van der Waals surface area contributed by atoms with E-state index in [-0.39, 0.29) is 5.56 Å². The number of rotatable bonds is 4. The first-order chi connectivity index (χ1) is 7.88. The zero-order valence-corrected chi connectivity index (χ0v) is 9.77. The van der Waals surface area contributed by atoms with E-state index < -0.39 is 27.4 Å². The molecule has 2 N–H and O–H groups in total. The first-order valence-electron chi connectivity index (χ1n) is 4.83. The lowest BCUT2D eigenvalue weighted by Crippen LogP contribution is -2.12. The zero-order valence-electron chi connectivity index (χ0n) is 8.95. The SMILES string of the molecule is CS(=O)(=O)C1NC1Oc1ccc(C(=O)O)cc1. The van der Waals surface area contributed by atoms with E-state index in [1.54, 1.807) is 0 Å². The van der Waals surface area contributed by atoms with Gasteiger partial charge in [0.2, 0.25) is 0 Å². The summed E-state index contributed by atoms with van der Waals surface area (Å²) in [6.07, 6.45) is 0.572. The number of sulfone groups is 1. The molecule has 92 valence electrons. The number of nitrogens with one attached hydrogen (secondary N) is 1. The Bertz CT molecular complexity index is 536. The number of benzene rings is 1. The van der Waals surface area contributed by atoms with Gasteiger partial charge in [-0.3, -0.25) is 5.32 Å². The summed E-state index contributed by atoms with van der Waals surface area (Å²) >= 11 is 0. The van der Waals surface area contributed by atoms with Crippen molar-refractivity contribution in [2.75, 3.05) is 6.26 Å². The minimum atomic E-state index is -3.15. The molecular weight excluding hydrogens is 246 g/mol. The van der Waals surface area contributed by atoms with Crippen LogP contribution in [-0.2, 0) is 9.84 Å². The van der Waals surface area contributed by atoms with Crippen molar-refractivity contribution < 1.29 is 23.1 Å². The molecule has 7 heteroatoms. The van der Waals surface area contributed by atoms with E-state index in [2.05, 4.69) is 5.32 Å². The van der Waals surface area contributed by atoms with Crippen molar-refractivity contribution >= 4 is 15.8 Å². The van der Waals surface area contributed by atoms with Crippen molar-refractivity contribution in [1.82, 2.24) is 5.32 Å². The maximum Gasteiger partial charge on any atom is 0.335 e. The average Bonchev–Trinajstić information content (AvgIpc) is 2.97. The second-order valence-electron chi connectivity index (χ2n) is 3.78. The molecule has 1 saturated heterocycles. The molecule has 0 aliphatic carbocycles. The van der Waals surface area contributed by atoms with E-state index in [4.69, 9.17) is 9.84 Å². The van der Waals surface area contributed by atoms with Crippen LogP contribution in [0.5, 0.6) is 5.75 Å². The second kappa shape index (κ2) is 4.01. The summed E-state index contributed by atoms with van der Waals surface area (Å²) in [6, 6.07) is 5.77. The Kier molecular flexibility index (Phi) is 2.80. The topological polar surface area (TPSA) is 103 Å². The summed E-state index contributed by atoms with van der Waals surface area (Å²) in [5.74, 6) is -0.589. The monoisotopic (exact) mass is 257 g/mol. The van der Waals surface area contributed by atoms with Crippen molar-refractivity contribution in [3.05, 3.63) is 29.8 Å². The van der Waals surface area contributed by atoms with Crippen LogP contribution in [0.4, 0.5) is 0 Å². The molecule has 0 amide bonds. The van der Waals surface area contributed by atoms with Gasteiger partial charge in [-0.25, -0.2) is 13.2 Å². The Labute approximate surface area is 98.1 Å². The predicted octanol–water partition coefficient (Wildman–Crippen LogP) is 0.0636. The van der Waals surface area contributed by atoms with Crippen LogP contribution in [0.2, 0.25) is 0 Å². The molecule has 6 nitrogen and oxygen atoms in total. The van der Waals surface area contributed by atoms with Gasteiger partial charge < -0.3 is 9.84 Å². The summed E-state index contributed by atoms with van der Waals surface area (Å²) in [7, 11) is -3.15. The fourth-order valence-corrected chi connectivity index (χ4v) is 2.26. The first-order valence-corrected chi connectivity index (χ1v) is 6.78. The molecule has 1 heterocycles. The van der Waals surface area contributed by atoms with Gasteiger partial charge >= 0.3 is 5.97 Å². The number of carboxylic acids is 1. The van der Waals surface area contributed by atoms with Crippen molar-refractivity contribution in [1.29, 1.82) is 0 Å². The van der Waals surface area contributed by atoms with Crippen LogP contribution >= 0.6 is 0 Å². The highest BCUT2D eigenvalue weighted by Crippen LogP contribution is 2.22. The molecule has 2 atom stereocenters. The van der Waals surface area contributed by atoms with Gasteiger partial charge in [0.1, 0.15) is 5.75 Å². The summed E-state index contributed by atoms with van der Waals surface area (Å²) < 4.78 is 27.6. The number of carbonyl (C=O) groups is 1. The van der Waals surface area contributed by atoms with Gasteiger partial charge in [-0.05, 0) is 24.3 Å². The molecule has 1 aliphatic rings. The Morgan fingerprint density at radius 1 is 1.35 bits per heavy atom. The van der Waals surface area contributed by atoms with Crippen molar-refractivity contribution in [2.24, 2.45) is 0 Å². The van der Waals surface area contributed by atoms with Gasteiger partial charge in [0.25, 0.3) is 0 Å². The molecule has 0 saturated carbocycles. The third-order valence-electron chi connectivity index (χ3n) is 2.32. The van der Waals surface area contributed by atoms with Crippen LogP contribution < -0.4 is 10.1 Å². The number of aromatic carboxylic acids is 1. The summed E-state index contributed by atoms with van der Waals surface area (Å²) in [5.41, 5.74) is 0.153. The normalized spacial score (nSPS) is 23.1. The number of hydrogen-bond acceptors (Lipinski definition) is 5. The minimum Gasteiger partial charge on any atom is -0.478 e. The quantitative estimate of drug-likeness (QED) is 0.739. The molecule has 0 bridgehead atoms. The molecule has 1 aromatic carbocycles. The van der Waals surface area contributed by atoms with E-state index in [1.165, 1.54) is 24.3 Å². The predicted molar refractivity (Wildman–Crippen MR) is 59.6 cm³/mol. The molecule has 0 spiro atoms. The first kappa shape index (κ1) is 11.9. The van der Waals surface area contributed by atoms with Crippen LogP contribution in [0, 0.1) is 0 Å². The standard InChI is InChI=1S/C10H11NO5S/c1-17(14,15)9-8(11-9)16-7-4-2-6(3-5-7)10(12)13/h2-5,8-9,11H,1H3,(H,12,13). The third-order valence-corrected chi connectivity index (χ3v) is 3.63. The third kappa shape index (κ3) is 2.75. The number of hydrogen-bond donors (Lipinski definition) is 2. The van der Waals surface area contributed by atoms with Crippen LogP contribution in [0.1, 0.15) is 10.4 Å². The smallest absolute Gasteiger partial charge is 0.335 e. The molecule has 0 radical (unpaired) electrons. The molecule has 2 unspecified atom stereocenters. The average molecular weight is 257 g/mol. The lowest BCUT2D eigenvalue weighted by Gasteiger charge is -2.03. The Morgan fingerprint density at radius 3 is 2.35 bits per heavy atom. The molecule has 2 rings (SSSR count). The molecule has 1 aliphatic heterocycles. The summed E-state index contributed by atoms with van der Waals surface area (Å²) in [5, 5.41) is 10.7. The maximum atomic E-state index is 11.1. The van der Waals surface area contributed by atoms with E-state index in [1.807, 2.05) is 0 Å². The van der Waals surface area contributed by atoms with Crippen LogP contribution in [0.15, 0.2) is 24.3 Å². The lowest BCUT2D eigenvalue weighted by molar-refractivity contribution is 0.0697. The maximum absolute atomic E-state index is 11.1. The van der Waals surface area contributed by atoms with Crippen LogP contribution in [0.3, 0.4) is 0 Å². The van der Waals surface area contributed by atoms with Crippen molar-refractivity contribution in [2.45, 2.75) is 11.6 Å². The van der Waals surface area contributed by atoms with Crippen LogP contribution in [-0.4, -0.2) is 37.4 Å². The van der Waals surface area contributed by atoms with Gasteiger partial charge in [0.05, 0.1) is 5.56 Å². The molecule has 0 aromatic heterocycles. The number of ether oxygens (including phenoxy) is 1. The highest BCUT2D eigenvalue weighted by atomic mass is 32.2. The minimum absolute atomic E-state index is 0.153.